The van der Waals surface area contributed by atoms with Crippen molar-refractivity contribution in [3.05, 3.63) is 35.4 Å². The zero-order chi connectivity index (χ0) is 13.1. The average Bonchev–Trinajstić information content (AvgIpc) is 2.21. The van der Waals surface area contributed by atoms with E-state index in [1.807, 2.05) is 0 Å². The summed E-state index contributed by atoms with van der Waals surface area (Å²) in [6.07, 6.45) is -0.185. The summed E-state index contributed by atoms with van der Waals surface area (Å²) in [7, 11) is 0. The minimum absolute atomic E-state index is 0.123. The normalized spacial score (nSPS) is 11.4. The fraction of sp³-hybridized carbons (Fsp3) is 0.417. The second kappa shape index (κ2) is 5.23. The van der Waals surface area contributed by atoms with Crippen molar-refractivity contribution in [1.82, 2.24) is 5.32 Å². The SMILES string of the molecule is CC(C)(CO)NC(=O)Cc1ccc(F)cc1F. The first-order valence-electron chi connectivity index (χ1n) is 5.20. The molecule has 0 aromatic heterocycles. The fourth-order valence-electron chi connectivity index (χ4n) is 1.30. The van der Waals surface area contributed by atoms with E-state index in [0.717, 1.165) is 12.1 Å². The third-order valence-corrected chi connectivity index (χ3v) is 2.24. The highest BCUT2D eigenvalue weighted by atomic mass is 19.1. The van der Waals surface area contributed by atoms with E-state index in [0.29, 0.717) is 0 Å². The van der Waals surface area contributed by atoms with Crippen molar-refractivity contribution in [1.29, 1.82) is 0 Å². The second-order valence-corrected chi connectivity index (χ2v) is 4.50. The van der Waals surface area contributed by atoms with E-state index in [1.165, 1.54) is 6.07 Å². The highest BCUT2D eigenvalue weighted by molar-refractivity contribution is 5.79. The van der Waals surface area contributed by atoms with Gasteiger partial charge >= 0.3 is 0 Å². The molecule has 3 nitrogen and oxygen atoms in total. The van der Waals surface area contributed by atoms with Gasteiger partial charge in [0.15, 0.2) is 0 Å². The van der Waals surface area contributed by atoms with Crippen LogP contribution in [-0.2, 0) is 11.2 Å². The zero-order valence-corrected chi connectivity index (χ0v) is 9.76. The number of halogens is 2. The summed E-state index contributed by atoms with van der Waals surface area (Å²) < 4.78 is 25.9. The number of amides is 1. The summed E-state index contributed by atoms with van der Waals surface area (Å²) in [6, 6.07) is 3.07. The third kappa shape index (κ3) is 4.11. The van der Waals surface area contributed by atoms with Crippen LogP contribution in [0.25, 0.3) is 0 Å². The van der Waals surface area contributed by atoms with Gasteiger partial charge in [0.2, 0.25) is 5.91 Å². The van der Waals surface area contributed by atoms with Crippen molar-refractivity contribution in [3.8, 4) is 0 Å². The van der Waals surface area contributed by atoms with Gasteiger partial charge in [-0.15, -0.1) is 0 Å². The highest BCUT2D eigenvalue weighted by Crippen LogP contribution is 2.11. The molecule has 0 spiro atoms. The van der Waals surface area contributed by atoms with E-state index in [2.05, 4.69) is 5.32 Å². The summed E-state index contributed by atoms with van der Waals surface area (Å²) in [4.78, 5) is 11.5. The lowest BCUT2D eigenvalue weighted by Crippen LogP contribution is -2.46. The number of aliphatic hydroxyl groups excluding tert-OH is 1. The summed E-state index contributed by atoms with van der Waals surface area (Å²) in [6.45, 7) is 3.07. The molecule has 0 radical (unpaired) electrons. The average molecular weight is 243 g/mol. The Balaban J connectivity index is 2.69. The van der Waals surface area contributed by atoms with E-state index in [4.69, 9.17) is 5.11 Å². The van der Waals surface area contributed by atoms with E-state index in [1.54, 1.807) is 13.8 Å². The summed E-state index contributed by atoms with van der Waals surface area (Å²) in [5.41, 5.74) is -0.634. The summed E-state index contributed by atoms with van der Waals surface area (Å²) >= 11 is 0. The molecule has 0 fully saturated rings. The maximum Gasteiger partial charge on any atom is 0.225 e. The minimum atomic E-state index is -0.756. The maximum atomic E-state index is 13.3. The van der Waals surface area contributed by atoms with Crippen LogP contribution in [0, 0.1) is 11.6 Å². The van der Waals surface area contributed by atoms with Gasteiger partial charge in [-0.25, -0.2) is 8.78 Å². The van der Waals surface area contributed by atoms with Crippen LogP contribution in [0.1, 0.15) is 19.4 Å². The van der Waals surface area contributed by atoms with Gasteiger partial charge in [0.25, 0.3) is 0 Å². The molecule has 0 heterocycles. The Bertz CT molecular complexity index is 419. The van der Waals surface area contributed by atoms with Crippen LogP contribution >= 0.6 is 0 Å². The Morgan fingerprint density at radius 2 is 2.06 bits per heavy atom. The Labute approximate surface area is 98.5 Å². The number of hydrogen-bond donors (Lipinski definition) is 2. The molecule has 1 rings (SSSR count). The fourth-order valence-corrected chi connectivity index (χ4v) is 1.30. The number of aliphatic hydroxyl groups is 1. The number of hydrogen-bond acceptors (Lipinski definition) is 2. The van der Waals surface area contributed by atoms with Gasteiger partial charge in [0, 0.05) is 6.07 Å². The van der Waals surface area contributed by atoms with Crippen molar-refractivity contribution in [2.45, 2.75) is 25.8 Å². The van der Waals surface area contributed by atoms with Crippen LogP contribution in [0.5, 0.6) is 0 Å². The Morgan fingerprint density at radius 1 is 1.41 bits per heavy atom. The molecule has 0 atom stereocenters. The van der Waals surface area contributed by atoms with Gasteiger partial charge < -0.3 is 10.4 Å². The quantitative estimate of drug-likeness (QED) is 0.839. The lowest BCUT2D eigenvalue weighted by atomic mass is 10.1. The number of rotatable bonds is 4. The topological polar surface area (TPSA) is 49.3 Å². The molecule has 1 aromatic carbocycles. The number of benzene rings is 1. The summed E-state index contributed by atoms with van der Waals surface area (Å²) in [5.74, 6) is -1.85. The second-order valence-electron chi connectivity index (χ2n) is 4.50. The molecule has 0 aliphatic rings. The minimum Gasteiger partial charge on any atom is -0.394 e. The van der Waals surface area contributed by atoms with Gasteiger partial charge in [-0.2, -0.15) is 0 Å². The Morgan fingerprint density at radius 3 is 2.59 bits per heavy atom. The number of carbonyl (C=O) groups is 1. The van der Waals surface area contributed by atoms with Crippen LogP contribution in [0.2, 0.25) is 0 Å². The van der Waals surface area contributed by atoms with Gasteiger partial charge in [-0.1, -0.05) is 6.07 Å². The first kappa shape index (κ1) is 13.6. The molecule has 0 unspecified atom stereocenters. The molecule has 0 saturated carbocycles. The molecule has 17 heavy (non-hydrogen) atoms. The van der Waals surface area contributed by atoms with Crippen molar-refractivity contribution < 1.29 is 18.7 Å². The lowest BCUT2D eigenvalue weighted by molar-refractivity contribution is -0.122. The van der Waals surface area contributed by atoms with E-state index in [-0.39, 0.29) is 18.6 Å². The first-order chi connectivity index (χ1) is 7.84. The predicted octanol–water partition coefficient (Wildman–Crippen LogP) is 1.39. The van der Waals surface area contributed by atoms with Crippen molar-refractivity contribution in [2.75, 3.05) is 6.61 Å². The summed E-state index contributed by atoms with van der Waals surface area (Å²) in [5, 5.41) is 11.5. The monoisotopic (exact) mass is 243 g/mol. The van der Waals surface area contributed by atoms with Crippen LogP contribution in [0.3, 0.4) is 0 Å². The zero-order valence-electron chi connectivity index (χ0n) is 9.76. The lowest BCUT2D eigenvalue weighted by Gasteiger charge is -2.23. The van der Waals surface area contributed by atoms with Crippen LogP contribution in [0.4, 0.5) is 8.78 Å². The molecule has 0 bridgehead atoms. The van der Waals surface area contributed by atoms with Gasteiger partial charge in [0.1, 0.15) is 11.6 Å². The van der Waals surface area contributed by atoms with Crippen LogP contribution < -0.4 is 5.32 Å². The van der Waals surface area contributed by atoms with Crippen LogP contribution in [0.15, 0.2) is 18.2 Å². The maximum absolute atomic E-state index is 13.3. The largest absolute Gasteiger partial charge is 0.394 e. The molecule has 0 aliphatic carbocycles. The highest BCUT2D eigenvalue weighted by Gasteiger charge is 2.19. The van der Waals surface area contributed by atoms with Crippen molar-refractivity contribution >= 4 is 5.91 Å². The molecule has 1 aromatic rings. The third-order valence-electron chi connectivity index (χ3n) is 2.24. The molecule has 94 valence electrons. The molecule has 0 saturated heterocycles. The standard InChI is InChI=1S/C12H15F2NO2/c1-12(2,7-16)15-11(17)5-8-3-4-9(13)6-10(8)14/h3-4,6,16H,5,7H2,1-2H3,(H,15,17). The van der Waals surface area contributed by atoms with E-state index < -0.39 is 23.1 Å². The molecule has 0 aliphatic heterocycles. The number of nitrogens with one attached hydrogen (secondary N) is 1. The van der Waals surface area contributed by atoms with Gasteiger partial charge in [-0.05, 0) is 25.5 Å². The van der Waals surface area contributed by atoms with E-state index in [9.17, 15) is 13.6 Å². The molecular weight excluding hydrogens is 228 g/mol. The van der Waals surface area contributed by atoms with Crippen LogP contribution in [-0.4, -0.2) is 23.2 Å². The first-order valence-corrected chi connectivity index (χ1v) is 5.20. The Kier molecular flexibility index (Phi) is 4.17. The van der Waals surface area contributed by atoms with E-state index >= 15 is 0 Å². The molecular formula is C12H15F2NO2. The molecule has 5 heteroatoms. The predicted molar refractivity (Wildman–Crippen MR) is 59.4 cm³/mol. The van der Waals surface area contributed by atoms with Crippen molar-refractivity contribution in [3.63, 3.8) is 0 Å². The smallest absolute Gasteiger partial charge is 0.225 e. The molecule has 2 N–H and O–H groups in total. The van der Waals surface area contributed by atoms with Crippen molar-refractivity contribution in [2.24, 2.45) is 0 Å². The van der Waals surface area contributed by atoms with Gasteiger partial charge in [-0.3, -0.25) is 4.79 Å². The molecule has 1 amide bonds. The number of carbonyl (C=O) groups excluding carboxylic acids is 1. The Hall–Kier alpha value is -1.49. The van der Waals surface area contributed by atoms with Gasteiger partial charge in [0.05, 0.1) is 18.6 Å².